The normalized spacial score (nSPS) is 13.4. The summed E-state index contributed by atoms with van der Waals surface area (Å²) in [5, 5.41) is 0. The number of fused-ring (bicyclic) bond motifs is 1. The molecule has 0 aromatic heterocycles. The van der Waals surface area contributed by atoms with Gasteiger partial charge in [-0.15, -0.1) is 0 Å². The maximum atomic E-state index is 12.8. The Hall–Kier alpha value is -2.29. The van der Waals surface area contributed by atoms with Crippen LogP contribution in [0.1, 0.15) is 27.0 Å². The van der Waals surface area contributed by atoms with Gasteiger partial charge in [-0.25, -0.2) is 0 Å². The molecular formula is C17H18N2O. The Bertz CT molecular complexity index is 671. The molecule has 3 nitrogen and oxygen atoms in total. The van der Waals surface area contributed by atoms with E-state index in [9.17, 15) is 4.79 Å². The van der Waals surface area contributed by atoms with Gasteiger partial charge in [0.2, 0.25) is 0 Å². The fraction of sp³-hybridized carbons (Fsp3) is 0.235. The molecule has 0 fully saturated rings. The fourth-order valence-electron chi connectivity index (χ4n) is 2.96. The van der Waals surface area contributed by atoms with E-state index in [0.29, 0.717) is 6.54 Å². The number of amides is 1. The lowest BCUT2D eigenvalue weighted by Crippen LogP contribution is -2.30. The Labute approximate surface area is 119 Å². The number of carbonyl (C=O) groups is 1. The van der Waals surface area contributed by atoms with Crippen molar-refractivity contribution in [3.63, 3.8) is 0 Å². The molecule has 2 aromatic carbocycles. The number of carbonyl (C=O) groups excluding carboxylic acids is 1. The van der Waals surface area contributed by atoms with E-state index in [1.165, 1.54) is 0 Å². The number of aryl methyl sites for hydroxylation is 2. The number of hydrogen-bond acceptors (Lipinski definition) is 2. The van der Waals surface area contributed by atoms with Gasteiger partial charge < -0.3 is 10.6 Å². The third kappa shape index (κ3) is 1.86. The number of nitrogens with zero attached hydrogens (tertiary/aromatic N) is 1. The summed E-state index contributed by atoms with van der Waals surface area (Å²) in [6.45, 7) is 4.67. The van der Waals surface area contributed by atoms with Gasteiger partial charge in [0.25, 0.3) is 5.91 Å². The number of nitrogens with two attached hydrogens (primary N) is 1. The smallest absolute Gasteiger partial charge is 0.258 e. The summed E-state index contributed by atoms with van der Waals surface area (Å²) in [5.74, 6) is 0.0740. The summed E-state index contributed by atoms with van der Waals surface area (Å²) < 4.78 is 0. The first-order valence-corrected chi connectivity index (χ1v) is 6.85. The second-order valence-electron chi connectivity index (χ2n) is 5.32. The minimum absolute atomic E-state index is 0.0740. The lowest BCUT2D eigenvalue weighted by atomic mass is 10.0. The van der Waals surface area contributed by atoms with Crippen LogP contribution in [0.15, 0.2) is 36.4 Å². The maximum Gasteiger partial charge on any atom is 0.258 e. The molecule has 0 atom stereocenters. The molecule has 0 aliphatic carbocycles. The molecule has 0 bridgehead atoms. The van der Waals surface area contributed by atoms with E-state index in [1.807, 2.05) is 55.1 Å². The molecule has 3 heteroatoms. The van der Waals surface area contributed by atoms with Crippen molar-refractivity contribution in [1.82, 2.24) is 0 Å². The zero-order chi connectivity index (χ0) is 14.3. The topological polar surface area (TPSA) is 46.3 Å². The molecule has 0 saturated heterocycles. The third-order valence-electron chi connectivity index (χ3n) is 4.00. The van der Waals surface area contributed by atoms with E-state index >= 15 is 0 Å². The molecule has 3 rings (SSSR count). The predicted molar refractivity (Wildman–Crippen MR) is 82.2 cm³/mol. The van der Waals surface area contributed by atoms with Crippen LogP contribution in [0.3, 0.4) is 0 Å². The van der Waals surface area contributed by atoms with E-state index in [-0.39, 0.29) is 5.91 Å². The summed E-state index contributed by atoms with van der Waals surface area (Å²) in [4.78, 5) is 14.7. The molecule has 2 N–H and O–H groups in total. The van der Waals surface area contributed by atoms with Gasteiger partial charge in [-0.05, 0) is 43.5 Å². The predicted octanol–water partition coefficient (Wildman–Crippen LogP) is 3.09. The van der Waals surface area contributed by atoms with Gasteiger partial charge in [0.05, 0.1) is 0 Å². The number of nitrogen functional groups attached to an aromatic ring is 1. The van der Waals surface area contributed by atoms with Crippen molar-refractivity contribution in [2.75, 3.05) is 17.2 Å². The number of hydrogen-bond donors (Lipinski definition) is 1. The summed E-state index contributed by atoms with van der Waals surface area (Å²) in [7, 11) is 0. The first-order valence-electron chi connectivity index (χ1n) is 6.85. The molecule has 0 radical (unpaired) electrons. The molecule has 20 heavy (non-hydrogen) atoms. The first kappa shape index (κ1) is 12.7. The maximum absolute atomic E-state index is 12.8. The highest BCUT2D eigenvalue weighted by Gasteiger charge is 2.28. The Morgan fingerprint density at radius 1 is 1.10 bits per heavy atom. The van der Waals surface area contributed by atoms with Crippen LogP contribution in [-0.2, 0) is 6.42 Å². The van der Waals surface area contributed by atoms with Crippen molar-refractivity contribution in [1.29, 1.82) is 0 Å². The summed E-state index contributed by atoms with van der Waals surface area (Å²) in [6, 6.07) is 11.7. The minimum Gasteiger partial charge on any atom is -0.398 e. The summed E-state index contributed by atoms with van der Waals surface area (Å²) in [6.07, 6.45) is 0.832. The van der Waals surface area contributed by atoms with E-state index in [1.54, 1.807) is 0 Å². The van der Waals surface area contributed by atoms with Crippen LogP contribution in [0, 0.1) is 13.8 Å². The molecule has 1 aliphatic heterocycles. The van der Waals surface area contributed by atoms with Crippen LogP contribution >= 0.6 is 0 Å². The van der Waals surface area contributed by atoms with E-state index in [0.717, 1.165) is 40.0 Å². The highest BCUT2D eigenvalue weighted by molar-refractivity contribution is 6.09. The minimum atomic E-state index is 0.0740. The van der Waals surface area contributed by atoms with Crippen LogP contribution in [0.2, 0.25) is 0 Å². The molecule has 1 amide bonds. The first-order chi connectivity index (χ1) is 9.59. The third-order valence-corrected chi connectivity index (χ3v) is 4.00. The van der Waals surface area contributed by atoms with Gasteiger partial charge in [0.15, 0.2) is 0 Å². The Morgan fingerprint density at radius 3 is 2.45 bits per heavy atom. The van der Waals surface area contributed by atoms with E-state index in [2.05, 4.69) is 0 Å². The average Bonchev–Trinajstić information content (AvgIpc) is 2.83. The second-order valence-corrected chi connectivity index (χ2v) is 5.32. The Kier molecular flexibility index (Phi) is 2.97. The van der Waals surface area contributed by atoms with Crippen LogP contribution in [0.25, 0.3) is 0 Å². The van der Waals surface area contributed by atoms with Gasteiger partial charge in [-0.1, -0.05) is 24.3 Å². The Balaban J connectivity index is 2.05. The van der Waals surface area contributed by atoms with Crippen molar-refractivity contribution >= 4 is 17.3 Å². The van der Waals surface area contributed by atoms with Crippen LogP contribution in [0.4, 0.5) is 11.4 Å². The standard InChI is InChI=1S/C17H18N2O/c1-11-5-3-6-12(2)16(11)17(20)19-10-9-13-14(18)7-4-8-15(13)19/h3-8H,9-10,18H2,1-2H3. The molecular weight excluding hydrogens is 248 g/mol. The van der Waals surface area contributed by atoms with Crippen molar-refractivity contribution in [2.45, 2.75) is 20.3 Å². The van der Waals surface area contributed by atoms with Gasteiger partial charge >= 0.3 is 0 Å². The highest BCUT2D eigenvalue weighted by Crippen LogP contribution is 2.33. The van der Waals surface area contributed by atoms with Crippen LogP contribution < -0.4 is 10.6 Å². The van der Waals surface area contributed by atoms with Crippen molar-refractivity contribution in [2.24, 2.45) is 0 Å². The SMILES string of the molecule is Cc1cccc(C)c1C(=O)N1CCc2c(N)cccc21. The molecule has 1 heterocycles. The fourth-order valence-corrected chi connectivity index (χ4v) is 2.96. The zero-order valence-corrected chi connectivity index (χ0v) is 11.8. The second kappa shape index (κ2) is 4.67. The van der Waals surface area contributed by atoms with E-state index in [4.69, 9.17) is 5.73 Å². The lowest BCUT2D eigenvalue weighted by molar-refractivity contribution is 0.0988. The van der Waals surface area contributed by atoms with Crippen molar-refractivity contribution in [3.05, 3.63) is 58.7 Å². The number of rotatable bonds is 1. The zero-order valence-electron chi connectivity index (χ0n) is 11.8. The summed E-state index contributed by atoms with van der Waals surface area (Å²) >= 11 is 0. The van der Waals surface area contributed by atoms with Crippen LogP contribution in [0.5, 0.6) is 0 Å². The lowest BCUT2D eigenvalue weighted by Gasteiger charge is -2.20. The van der Waals surface area contributed by atoms with Crippen LogP contribution in [-0.4, -0.2) is 12.5 Å². The highest BCUT2D eigenvalue weighted by atomic mass is 16.2. The number of benzene rings is 2. The molecule has 2 aromatic rings. The number of anilines is 2. The van der Waals surface area contributed by atoms with Gasteiger partial charge in [0.1, 0.15) is 0 Å². The quantitative estimate of drug-likeness (QED) is 0.806. The van der Waals surface area contributed by atoms with E-state index < -0.39 is 0 Å². The summed E-state index contributed by atoms with van der Waals surface area (Å²) in [5.41, 5.74) is 11.7. The molecule has 0 unspecified atom stereocenters. The largest absolute Gasteiger partial charge is 0.398 e. The molecule has 1 aliphatic rings. The van der Waals surface area contributed by atoms with Gasteiger partial charge in [-0.3, -0.25) is 4.79 Å². The van der Waals surface area contributed by atoms with Gasteiger partial charge in [0, 0.05) is 29.0 Å². The molecule has 102 valence electrons. The van der Waals surface area contributed by atoms with Crippen molar-refractivity contribution in [3.8, 4) is 0 Å². The molecule has 0 spiro atoms. The Morgan fingerprint density at radius 2 is 1.75 bits per heavy atom. The average molecular weight is 266 g/mol. The monoisotopic (exact) mass is 266 g/mol. The molecule has 0 saturated carbocycles. The van der Waals surface area contributed by atoms with Crippen molar-refractivity contribution < 1.29 is 4.79 Å². The van der Waals surface area contributed by atoms with Gasteiger partial charge in [-0.2, -0.15) is 0 Å².